The second kappa shape index (κ2) is 3.44. The molecule has 1 rings (SSSR count). The van der Waals surface area contributed by atoms with E-state index < -0.39 is 0 Å². The average molecular weight is 221 g/mol. The fourth-order valence-corrected chi connectivity index (χ4v) is 1.93. The van der Waals surface area contributed by atoms with Crippen LogP contribution in [0.4, 0.5) is 0 Å². The van der Waals surface area contributed by atoms with Crippen molar-refractivity contribution in [2.45, 2.75) is 45.8 Å². The molecule has 1 saturated heterocycles. The standard InChI is InChI=1S/C9H17BrO/c1-9(2,3)8-5-4-7(6-10)11-8/h7-8H,4-6H2,1-3H3/t7-,8-/m0/s1. The van der Waals surface area contributed by atoms with Gasteiger partial charge < -0.3 is 4.74 Å². The largest absolute Gasteiger partial charge is 0.374 e. The molecule has 0 aliphatic carbocycles. The number of ether oxygens (including phenoxy) is 1. The lowest BCUT2D eigenvalue weighted by molar-refractivity contribution is -0.00590. The molecule has 0 radical (unpaired) electrons. The molecular formula is C9H17BrO. The molecule has 0 saturated carbocycles. The highest BCUT2D eigenvalue weighted by Crippen LogP contribution is 2.33. The van der Waals surface area contributed by atoms with Crippen LogP contribution in [0.25, 0.3) is 0 Å². The fourth-order valence-electron chi connectivity index (χ4n) is 1.46. The fraction of sp³-hybridized carbons (Fsp3) is 1.00. The topological polar surface area (TPSA) is 9.23 Å². The minimum absolute atomic E-state index is 0.316. The van der Waals surface area contributed by atoms with Crippen LogP contribution in [0.5, 0.6) is 0 Å². The van der Waals surface area contributed by atoms with E-state index in [1.54, 1.807) is 0 Å². The summed E-state index contributed by atoms with van der Waals surface area (Å²) in [7, 11) is 0. The molecule has 0 spiro atoms. The first-order valence-corrected chi connectivity index (χ1v) is 5.37. The molecule has 0 bridgehead atoms. The maximum Gasteiger partial charge on any atom is 0.0676 e. The minimum atomic E-state index is 0.316. The van der Waals surface area contributed by atoms with E-state index >= 15 is 0 Å². The first-order chi connectivity index (χ1) is 5.04. The Hall–Kier alpha value is 0.440. The summed E-state index contributed by atoms with van der Waals surface area (Å²) in [5.74, 6) is 0. The molecule has 1 fully saturated rings. The van der Waals surface area contributed by atoms with Crippen molar-refractivity contribution in [1.82, 2.24) is 0 Å². The summed E-state index contributed by atoms with van der Waals surface area (Å²) in [6.07, 6.45) is 3.36. The van der Waals surface area contributed by atoms with Gasteiger partial charge in [-0.05, 0) is 18.3 Å². The van der Waals surface area contributed by atoms with Crippen LogP contribution in [-0.4, -0.2) is 17.5 Å². The van der Waals surface area contributed by atoms with E-state index in [1.807, 2.05) is 0 Å². The van der Waals surface area contributed by atoms with Crippen molar-refractivity contribution in [2.24, 2.45) is 5.41 Å². The van der Waals surface area contributed by atoms with Crippen LogP contribution < -0.4 is 0 Å². The van der Waals surface area contributed by atoms with Gasteiger partial charge in [0.1, 0.15) is 0 Å². The molecule has 0 amide bonds. The third-order valence-electron chi connectivity index (χ3n) is 2.25. The Morgan fingerprint density at radius 3 is 2.27 bits per heavy atom. The van der Waals surface area contributed by atoms with Crippen molar-refractivity contribution in [3.05, 3.63) is 0 Å². The number of rotatable bonds is 1. The van der Waals surface area contributed by atoms with Crippen molar-refractivity contribution in [3.63, 3.8) is 0 Å². The van der Waals surface area contributed by atoms with E-state index in [4.69, 9.17) is 4.74 Å². The Morgan fingerprint density at radius 1 is 1.36 bits per heavy atom. The zero-order chi connectivity index (χ0) is 8.48. The van der Waals surface area contributed by atoms with Crippen LogP contribution in [-0.2, 0) is 4.74 Å². The SMILES string of the molecule is CC(C)(C)[C@@H]1CC[C@@H](CBr)O1. The highest BCUT2D eigenvalue weighted by molar-refractivity contribution is 9.09. The molecule has 66 valence electrons. The Bertz CT molecular complexity index is 128. The van der Waals surface area contributed by atoms with Gasteiger partial charge in [-0.25, -0.2) is 0 Å². The molecule has 0 N–H and O–H groups in total. The monoisotopic (exact) mass is 220 g/mol. The summed E-state index contributed by atoms with van der Waals surface area (Å²) >= 11 is 3.45. The summed E-state index contributed by atoms with van der Waals surface area (Å²) in [6, 6.07) is 0. The van der Waals surface area contributed by atoms with Gasteiger partial charge in [-0.1, -0.05) is 36.7 Å². The van der Waals surface area contributed by atoms with Gasteiger partial charge in [-0.3, -0.25) is 0 Å². The van der Waals surface area contributed by atoms with Gasteiger partial charge in [0.25, 0.3) is 0 Å². The molecule has 11 heavy (non-hydrogen) atoms. The zero-order valence-electron chi connectivity index (χ0n) is 7.56. The third kappa shape index (κ3) is 2.45. The molecule has 1 heterocycles. The maximum absolute atomic E-state index is 5.83. The van der Waals surface area contributed by atoms with Crippen LogP contribution in [0.3, 0.4) is 0 Å². The molecule has 0 aromatic heterocycles. The van der Waals surface area contributed by atoms with Crippen molar-refractivity contribution in [1.29, 1.82) is 0 Å². The molecule has 0 unspecified atom stereocenters. The van der Waals surface area contributed by atoms with Gasteiger partial charge in [0.2, 0.25) is 0 Å². The van der Waals surface area contributed by atoms with Crippen LogP contribution in [0.1, 0.15) is 33.6 Å². The number of hydrogen-bond donors (Lipinski definition) is 0. The molecule has 1 aliphatic heterocycles. The summed E-state index contributed by atoms with van der Waals surface area (Å²) < 4.78 is 5.83. The molecule has 2 heteroatoms. The van der Waals surface area contributed by atoms with Crippen molar-refractivity contribution in [3.8, 4) is 0 Å². The van der Waals surface area contributed by atoms with E-state index in [9.17, 15) is 0 Å². The van der Waals surface area contributed by atoms with Crippen LogP contribution >= 0.6 is 15.9 Å². The normalized spacial score (nSPS) is 32.7. The van der Waals surface area contributed by atoms with Crippen LogP contribution in [0.15, 0.2) is 0 Å². The summed E-state index contributed by atoms with van der Waals surface area (Å²) in [6.45, 7) is 6.73. The van der Waals surface area contributed by atoms with Gasteiger partial charge in [-0.15, -0.1) is 0 Å². The number of hydrogen-bond acceptors (Lipinski definition) is 1. The minimum Gasteiger partial charge on any atom is -0.374 e. The zero-order valence-corrected chi connectivity index (χ0v) is 9.15. The number of alkyl halides is 1. The van der Waals surface area contributed by atoms with Gasteiger partial charge in [0.15, 0.2) is 0 Å². The third-order valence-corrected chi connectivity index (χ3v) is 2.97. The predicted molar refractivity (Wildman–Crippen MR) is 51.1 cm³/mol. The molecular weight excluding hydrogens is 204 g/mol. The Kier molecular flexibility index (Phi) is 2.98. The lowest BCUT2D eigenvalue weighted by Gasteiger charge is -2.26. The van der Waals surface area contributed by atoms with E-state index in [0.29, 0.717) is 17.6 Å². The van der Waals surface area contributed by atoms with E-state index in [1.165, 1.54) is 12.8 Å². The Morgan fingerprint density at radius 2 is 2.00 bits per heavy atom. The Balaban J connectivity index is 2.42. The second-order valence-corrected chi connectivity index (χ2v) is 4.99. The highest BCUT2D eigenvalue weighted by Gasteiger charge is 2.33. The second-order valence-electron chi connectivity index (χ2n) is 4.34. The lowest BCUT2D eigenvalue weighted by Crippen LogP contribution is -2.26. The molecule has 2 atom stereocenters. The highest BCUT2D eigenvalue weighted by atomic mass is 79.9. The summed E-state index contributed by atoms with van der Waals surface area (Å²) in [5.41, 5.74) is 0.316. The van der Waals surface area contributed by atoms with Crippen LogP contribution in [0, 0.1) is 5.41 Å². The first-order valence-electron chi connectivity index (χ1n) is 4.25. The molecule has 0 aromatic rings. The maximum atomic E-state index is 5.83. The predicted octanol–water partition coefficient (Wildman–Crippen LogP) is 2.98. The Labute approximate surface area is 77.6 Å². The van der Waals surface area contributed by atoms with Gasteiger partial charge in [0.05, 0.1) is 12.2 Å². The van der Waals surface area contributed by atoms with Crippen LogP contribution in [0.2, 0.25) is 0 Å². The van der Waals surface area contributed by atoms with E-state index in [2.05, 4.69) is 36.7 Å². The van der Waals surface area contributed by atoms with Gasteiger partial charge in [-0.2, -0.15) is 0 Å². The number of halogens is 1. The summed E-state index contributed by atoms with van der Waals surface area (Å²) in [4.78, 5) is 0. The quantitative estimate of drug-likeness (QED) is 0.618. The van der Waals surface area contributed by atoms with E-state index in [-0.39, 0.29) is 0 Å². The van der Waals surface area contributed by atoms with Crippen molar-refractivity contribution in [2.75, 3.05) is 5.33 Å². The molecule has 1 nitrogen and oxygen atoms in total. The van der Waals surface area contributed by atoms with E-state index in [0.717, 1.165) is 5.33 Å². The van der Waals surface area contributed by atoms with Crippen molar-refractivity contribution >= 4 is 15.9 Å². The molecule has 1 aliphatic rings. The lowest BCUT2D eigenvalue weighted by atomic mass is 9.87. The summed E-state index contributed by atoms with van der Waals surface area (Å²) in [5, 5.41) is 0.986. The smallest absolute Gasteiger partial charge is 0.0676 e. The average Bonchev–Trinajstić information content (AvgIpc) is 2.32. The van der Waals surface area contributed by atoms with Crippen molar-refractivity contribution < 1.29 is 4.74 Å². The van der Waals surface area contributed by atoms with Gasteiger partial charge >= 0.3 is 0 Å². The van der Waals surface area contributed by atoms with Gasteiger partial charge in [0, 0.05) is 5.33 Å². The first kappa shape index (κ1) is 9.53. The molecule has 0 aromatic carbocycles.